The van der Waals surface area contributed by atoms with Crippen LogP contribution in [0.5, 0.6) is 0 Å². The molecule has 0 saturated carbocycles. The van der Waals surface area contributed by atoms with Crippen LogP contribution in [-0.2, 0) is 4.79 Å². The summed E-state index contributed by atoms with van der Waals surface area (Å²) in [4.78, 5) is 12.2. The van der Waals surface area contributed by atoms with E-state index in [4.69, 9.17) is 17.3 Å². The fourth-order valence-electron chi connectivity index (χ4n) is 1.91. The minimum atomic E-state index is -0.556. The summed E-state index contributed by atoms with van der Waals surface area (Å²) in [7, 11) is 0. The van der Waals surface area contributed by atoms with E-state index in [1.54, 1.807) is 12.1 Å². The number of aryl methyl sites for hydroxylation is 1. The molecule has 0 aliphatic rings. The normalized spacial score (nSPS) is 10.8. The van der Waals surface area contributed by atoms with Gasteiger partial charge in [-0.2, -0.15) is 5.26 Å². The Kier molecular flexibility index (Phi) is 6.06. The maximum absolute atomic E-state index is 12.2. The highest BCUT2D eigenvalue weighted by molar-refractivity contribution is 14.1. The minimum Gasteiger partial charge on any atom is -0.399 e. The zero-order chi connectivity index (χ0) is 17.7. The van der Waals surface area contributed by atoms with Crippen LogP contribution in [0, 0.1) is 21.8 Å². The number of nitrogens with one attached hydrogen (secondary N) is 2. The van der Waals surface area contributed by atoms with E-state index in [9.17, 15) is 10.1 Å². The summed E-state index contributed by atoms with van der Waals surface area (Å²) in [6, 6.07) is 12.4. The Morgan fingerprint density at radius 3 is 2.62 bits per heavy atom. The number of nitrogens with zero attached hydrogens (tertiary/aromatic N) is 1. The third kappa shape index (κ3) is 4.63. The van der Waals surface area contributed by atoms with Crippen molar-refractivity contribution in [1.29, 1.82) is 5.26 Å². The Labute approximate surface area is 158 Å². The van der Waals surface area contributed by atoms with Gasteiger partial charge in [-0.3, -0.25) is 4.79 Å². The van der Waals surface area contributed by atoms with E-state index >= 15 is 0 Å². The number of anilines is 3. The molecule has 2 rings (SSSR count). The molecular formula is C17H14ClIN4O. The van der Waals surface area contributed by atoms with Gasteiger partial charge in [0.2, 0.25) is 0 Å². The van der Waals surface area contributed by atoms with Gasteiger partial charge >= 0.3 is 0 Å². The predicted molar refractivity (Wildman–Crippen MR) is 106 cm³/mol. The van der Waals surface area contributed by atoms with Gasteiger partial charge in [0.1, 0.15) is 11.6 Å². The standard InChI is InChI=1S/C17H14ClIN4O/c1-10-6-12(19)2-4-15(10)22-9-11(8-20)17(24)23-16-5-3-13(21)7-14(16)18/h2-7,9,22H,21H2,1H3,(H,23,24)/b11-9-. The van der Waals surface area contributed by atoms with E-state index < -0.39 is 5.91 Å². The van der Waals surface area contributed by atoms with Gasteiger partial charge in [-0.05, 0) is 71.5 Å². The van der Waals surface area contributed by atoms with E-state index in [1.165, 1.54) is 12.3 Å². The van der Waals surface area contributed by atoms with Crippen molar-refractivity contribution in [3.05, 3.63) is 62.3 Å². The van der Waals surface area contributed by atoms with Crippen LogP contribution in [0.15, 0.2) is 48.2 Å². The number of nitrogen functional groups attached to an aromatic ring is 1. The molecule has 4 N–H and O–H groups in total. The summed E-state index contributed by atoms with van der Waals surface area (Å²) in [6.07, 6.45) is 1.37. The molecule has 0 heterocycles. The van der Waals surface area contributed by atoms with Crippen molar-refractivity contribution in [2.24, 2.45) is 0 Å². The van der Waals surface area contributed by atoms with E-state index in [0.717, 1.165) is 14.8 Å². The van der Waals surface area contributed by atoms with Crippen molar-refractivity contribution in [3.63, 3.8) is 0 Å². The molecule has 5 nitrogen and oxygen atoms in total. The van der Waals surface area contributed by atoms with E-state index in [-0.39, 0.29) is 5.57 Å². The second-order valence-electron chi connectivity index (χ2n) is 4.97. The predicted octanol–water partition coefficient (Wildman–Crippen LogP) is 4.29. The molecule has 0 fully saturated rings. The maximum atomic E-state index is 12.2. The van der Waals surface area contributed by atoms with Crippen LogP contribution in [0.25, 0.3) is 0 Å². The summed E-state index contributed by atoms with van der Waals surface area (Å²) < 4.78 is 1.11. The first-order valence-corrected chi connectivity index (χ1v) is 8.35. The van der Waals surface area contributed by atoms with Crippen LogP contribution in [0.2, 0.25) is 5.02 Å². The van der Waals surface area contributed by atoms with E-state index in [1.807, 2.05) is 31.2 Å². The first kappa shape index (κ1) is 18.1. The van der Waals surface area contributed by atoms with Crippen molar-refractivity contribution in [3.8, 4) is 6.07 Å². The average molecular weight is 453 g/mol. The molecule has 0 aliphatic carbocycles. The summed E-state index contributed by atoms with van der Waals surface area (Å²) in [5.74, 6) is -0.556. The van der Waals surface area contributed by atoms with E-state index in [2.05, 4.69) is 33.2 Å². The number of amides is 1. The molecule has 0 atom stereocenters. The zero-order valence-corrected chi connectivity index (χ0v) is 15.6. The van der Waals surface area contributed by atoms with Crippen LogP contribution in [0.4, 0.5) is 17.1 Å². The summed E-state index contributed by atoms with van der Waals surface area (Å²) in [5.41, 5.74) is 8.26. The summed E-state index contributed by atoms with van der Waals surface area (Å²) >= 11 is 8.24. The molecule has 0 aromatic heterocycles. The number of rotatable bonds is 4. The third-order valence-corrected chi connectivity index (χ3v) is 4.15. The smallest absolute Gasteiger partial charge is 0.267 e. The van der Waals surface area contributed by atoms with Crippen molar-refractivity contribution in [2.75, 3.05) is 16.4 Å². The molecule has 0 unspecified atom stereocenters. The Balaban J connectivity index is 2.15. The maximum Gasteiger partial charge on any atom is 0.267 e. The molecule has 0 aliphatic heterocycles. The molecule has 0 radical (unpaired) electrons. The highest BCUT2D eigenvalue weighted by Crippen LogP contribution is 2.24. The lowest BCUT2D eigenvalue weighted by atomic mass is 10.2. The van der Waals surface area contributed by atoms with Gasteiger partial charge < -0.3 is 16.4 Å². The topological polar surface area (TPSA) is 90.9 Å². The minimum absolute atomic E-state index is 0.0687. The molecule has 2 aromatic rings. The number of hydrogen-bond acceptors (Lipinski definition) is 4. The molecule has 7 heteroatoms. The molecule has 0 saturated heterocycles. The number of nitriles is 1. The van der Waals surface area contributed by atoms with Crippen LogP contribution in [-0.4, -0.2) is 5.91 Å². The first-order valence-electron chi connectivity index (χ1n) is 6.90. The lowest BCUT2D eigenvalue weighted by Gasteiger charge is -2.09. The second kappa shape index (κ2) is 8.04. The molecule has 0 bridgehead atoms. The van der Waals surface area contributed by atoms with Crippen LogP contribution in [0.1, 0.15) is 5.56 Å². The average Bonchev–Trinajstić information content (AvgIpc) is 2.52. The van der Waals surface area contributed by atoms with Gasteiger partial charge in [-0.1, -0.05) is 11.6 Å². The largest absolute Gasteiger partial charge is 0.399 e. The number of carbonyl (C=O) groups excluding carboxylic acids is 1. The quantitative estimate of drug-likeness (QED) is 0.279. The van der Waals surface area contributed by atoms with Crippen molar-refractivity contribution in [1.82, 2.24) is 0 Å². The lowest BCUT2D eigenvalue weighted by molar-refractivity contribution is -0.112. The van der Waals surface area contributed by atoms with E-state index in [0.29, 0.717) is 16.4 Å². The number of carbonyl (C=O) groups is 1. The Bertz CT molecular complexity index is 858. The fraction of sp³-hybridized carbons (Fsp3) is 0.0588. The molecule has 2 aromatic carbocycles. The zero-order valence-electron chi connectivity index (χ0n) is 12.7. The number of hydrogen-bond donors (Lipinski definition) is 3. The van der Waals surface area contributed by atoms with Gasteiger partial charge in [0.25, 0.3) is 5.91 Å². The van der Waals surface area contributed by atoms with Gasteiger partial charge in [0, 0.05) is 21.1 Å². The summed E-state index contributed by atoms with van der Waals surface area (Å²) in [5, 5.41) is 15.1. The monoisotopic (exact) mass is 452 g/mol. The van der Waals surface area contributed by atoms with Gasteiger partial charge in [0.05, 0.1) is 10.7 Å². The van der Waals surface area contributed by atoms with Crippen molar-refractivity contribution in [2.45, 2.75) is 6.92 Å². The van der Waals surface area contributed by atoms with Gasteiger partial charge in [-0.15, -0.1) is 0 Å². The molecule has 24 heavy (non-hydrogen) atoms. The molecular weight excluding hydrogens is 439 g/mol. The van der Waals surface area contributed by atoms with Crippen LogP contribution in [0.3, 0.4) is 0 Å². The Morgan fingerprint density at radius 2 is 2.00 bits per heavy atom. The first-order chi connectivity index (χ1) is 11.4. The fourth-order valence-corrected chi connectivity index (χ4v) is 2.79. The second-order valence-corrected chi connectivity index (χ2v) is 6.62. The van der Waals surface area contributed by atoms with Gasteiger partial charge in [0.15, 0.2) is 0 Å². The lowest BCUT2D eigenvalue weighted by Crippen LogP contribution is -2.15. The number of benzene rings is 2. The number of nitrogens with two attached hydrogens (primary N) is 1. The third-order valence-electron chi connectivity index (χ3n) is 3.17. The van der Waals surface area contributed by atoms with Crippen LogP contribution < -0.4 is 16.4 Å². The molecule has 0 spiro atoms. The summed E-state index contributed by atoms with van der Waals surface area (Å²) in [6.45, 7) is 1.94. The van der Waals surface area contributed by atoms with Crippen molar-refractivity contribution < 1.29 is 4.79 Å². The van der Waals surface area contributed by atoms with Crippen LogP contribution >= 0.6 is 34.2 Å². The van der Waals surface area contributed by atoms with Gasteiger partial charge in [-0.25, -0.2) is 0 Å². The molecule has 122 valence electrons. The SMILES string of the molecule is Cc1cc(I)ccc1N/C=C(/C#N)C(=O)Nc1ccc(N)cc1Cl. The Hall–Kier alpha value is -2.24. The Morgan fingerprint density at radius 1 is 1.29 bits per heavy atom. The number of halogens is 2. The highest BCUT2D eigenvalue weighted by atomic mass is 127. The highest BCUT2D eigenvalue weighted by Gasteiger charge is 2.11. The molecule has 1 amide bonds. The van der Waals surface area contributed by atoms with Crippen molar-refractivity contribution >= 4 is 57.2 Å².